The number of rotatable bonds is 5. The van der Waals surface area contributed by atoms with Crippen molar-refractivity contribution in [2.45, 2.75) is 19.4 Å². The van der Waals surface area contributed by atoms with Gasteiger partial charge in [-0.3, -0.25) is 14.6 Å². The molecular formula is C10H13N3O2. The fraction of sp³-hybridized carbons (Fsp3) is 0.300. The van der Waals surface area contributed by atoms with Crippen LogP contribution in [0.5, 0.6) is 0 Å². The van der Waals surface area contributed by atoms with Crippen LogP contribution in [0.15, 0.2) is 24.5 Å². The summed E-state index contributed by atoms with van der Waals surface area (Å²) in [6.45, 7) is 0.422. The molecular weight excluding hydrogens is 194 g/mol. The van der Waals surface area contributed by atoms with E-state index >= 15 is 0 Å². The highest BCUT2D eigenvalue weighted by Crippen LogP contribution is 1.95. The smallest absolute Gasteiger partial charge is 0.220 e. The van der Waals surface area contributed by atoms with Crippen LogP contribution in [-0.4, -0.2) is 16.8 Å². The lowest BCUT2D eigenvalue weighted by Gasteiger charge is -2.03. The number of nitrogens with two attached hydrogens (primary N) is 1. The van der Waals surface area contributed by atoms with E-state index in [4.69, 9.17) is 5.73 Å². The minimum Gasteiger partial charge on any atom is -0.370 e. The molecule has 5 heteroatoms. The predicted molar refractivity (Wildman–Crippen MR) is 54.5 cm³/mol. The molecule has 0 unspecified atom stereocenters. The monoisotopic (exact) mass is 207 g/mol. The Morgan fingerprint density at radius 1 is 1.40 bits per heavy atom. The van der Waals surface area contributed by atoms with Gasteiger partial charge in [-0.25, -0.2) is 0 Å². The van der Waals surface area contributed by atoms with Crippen molar-refractivity contribution in [1.29, 1.82) is 0 Å². The molecule has 0 radical (unpaired) electrons. The van der Waals surface area contributed by atoms with E-state index in [2.05, 4.69) is 10.3 Å². The minimum absolute atomic E-state index is 0.0822. The fourth-order valence-corrected chi connectivity index (χ4v) is 1.03. The third-order valence-electron chi connectivity index (χ3n) is 1.81. The predicted octanol–water partition coefficient (Wildman–Crippen LogP) is -0.0367. The molecule has 0 fully saturated rings. The van der Waals surface area contributed by atoms with Gasteiger partial charge < -0.3 is 11.1 Å². The first-order chi connectivity index (χ1) is 7.18. The number of pyridine rings is 1. The third kappa shape index (κ3) is 4.75. The first-order valence-corrected chi connectivity index (χ1v) is 4.62. The van der Waals surface area contributed by atoms with Gasteiger partial charge in [0.15, 0.2) is 0 Å². The zero-order chi connectivity index (χ0) is 11.1. The third-order valence-corrected chi connectivity index (χ3v) is 1.81. The van der Waals surface area contributed by atoms with Crippen molar-refractivity contribution in [2.24, 2.45) is 5.73 Å². The summed E-state index contributed by atoms with van der Waals surface area (Å²) in [6.07, 6.45) is 3.56. The molecule has 15 heavy (non-hydrogen) atoms. The minimum atomic E-state index is -0.466. The highest BCUT2D eigenvalue weighted by atomic mass is 16.2. The van der Waals surface area contributed by atoms with E-state index in [1.807, 2.05) is 6.07 Å². The molecule has 0 atom stereocenters. The second kappa shape index (κ2) is 5.74. The van der Waals surface area contributed by atoms with Gasteiger partial charge in [0.25, 0.3) is 0 Å². The van der Waals surface area contributed by atoms with Gasteiger partial charge in [0, 0.05) is 31.8 Å². The van der Waals surface area contributed by atoms with Crippen LogP contribution in [0, 0.1) is 0 Å². The molecule has 1 rings (SSSR count). The van der Waals surface area contributed by atoms with Gasteiger partial charge in [-0.2, -0.15) is 0 Å². The van der Waals surface area contributed by atoms with E-state index in [-0.39, 0.29) is 18.7 Å². The number of carbonyl (C=O) groups excluding carboxylic acids is 2. The number of amides is 2. The summed E-state index contributed by atoms with van der Waals surface area (Å²) in [4.78, 5) is 25.5. The van der Waals surface area contributed by atoms with Crippen molar-refractivity contribution in [3.8, 4) is 0 Å². The fourth-order valence-electron chi connectivity index (χ4n) is 1.03. The molecule has 0 aliphatic rings. The lowest BCUT2D eigenvalue weighted by Crippen LogP contribution is -2.24. The second-order valence-electron chi connectivity index (χ2n) is 3.10. The summed E-state index contributed by atoms with van der Waals surface area (Å²) >= 11 is 0. The van der Waals surface area contributed by atoms with Gasteiger partial charge in [0.1, 0.15) is 0 Å². The molecule has 0 saturated carbocycles. The van der Waals surface area contributed by atoms with Crippen LogP contribution in [0.25, 0.3) is 0 Å². The van der Waals surface area contributed by atoms with Crippen LogP contribution in [0.2, 0.25) is 0 Å². The van der Waals surface area contributed by atoms with E-state index in [9.17, 15) is 9.59 Å². The van der Waals surface area contributed by atoms with Crippen LogP contribution in [-0.2, 0) is 16.1 Å². The van der Waals surface area contributed by atoms with Crippen molar-refractivity contribution in [3.05, 3.63) is 30.1 Å². The number of hydrogen-bond donors (Lipinski definition) is 2. The van der Waals surface area contributed by atoms with Gasteiger partial charge in [0.05, 0.1) is 0 Å². The summed E-state index contributed by atoms with van der Waals surface area (Å²) < 4.78 is 0. The number of carbonyl (C=O) groups is 2. The highest BCUT2D eigenvalue weighted by molar-refractivity contribution is 5.82. The number of nitrogens with zero attached hydrogens (tertiary/aromatic N) is 1. The van der Waals surface area contributed by atoms with Crippen molar-refractivity contribution in [3.63, 3.8) is 0 Å². The first-order valence-electron chi connectivity index (χ1n) is 4.62. The van der Waals surface area contributed by atoms with E-state index < -0.39 is 5.91 Å². The Morgan fingerprint density at radius 2 is 2.20 bits per heavy atom. The lowest BCUT2D eigenvalue weighted by atomic mass is 10.2. The van der Waals surface area contributed by atoms with Crippen molar-refractivity contribution < 1.29 is 9.59 Å². The van der Waals surface area contributed by atoms with E-state index in [0.29, 0.717) is 6.54 Å². The molecule has 0 aliphatic carbocycles. The van der Waals surface area contributed by atoms with E-state index in [0.717, 1.165) is 5.56 Å². The van der Waals surface area contributed by atoms with Crippen LogP contribution < -0.4 is 11.1 Å². The maximum atomic E-state index is 11.2. The molecule has 3 N–H and O–H groups in total. The Labute approximate surface area is 87.7 Å². The zero-order valence-electron chi connectivity index (χ0n) is 8.27. The van der Waals surface area contributed by atoms with Gasteiger partial charge in [-0.05, 0) is 11.6 Å². The Balaban J connectivity index is 2.26. The summed E-state index contributed by atoms with van der Waals surface area (Å²) in [6, 6.07) is 3.66. The average molecular weight is 207 g/mol. The second-order valence-corrected chi connectivity index (χ2v) is 3.10. The van der Waals surface area contributed by atoms with Gasteiger partial charge >= 0.3 is 0 Å². The maximum Gasteiger partial charge on any atom is 0.220 e. The summed E-state index contributed by atoms with van der Waals surface area (Å²) in [5, 5.41) is 2.67. The summed E-state index contributed by atoms with van der Waals surface area (Å²) in [5.41, 5.74) is 5.84. The lowest BCUT2D eigenvalue weighted by molar-refractivity contribution is -0.125. The molecule has 1 aromatic rings. The first kappa shape index (κ1) is 11.2. The number of primary amides is 1. The molecule has 0 aromatic carbocycles. The van der Waals surface area contributed by atoms with Crippen molar-refractivity contribution >= 4 is 11.8 Å². The Morgan fingerprint density at radius 3 is 2.80 bits per heavy atom. The summed E-state index contributed by atoms with van der Waals surface area (Å²) in [7, 11) is 0. The van der Waals surface area contributed by atoms with Crippen molar-refractivity contribution in [1.82, 2.24) is 10.3 Å². The zero-order valence-corrected chi connectivity index (χ0v) is 8.27. The molecule has 0 spiro atoms. The number of aromatic nitrogens is 1. The van der Waals surface area contributed by atoms with Gasteiger partial charge in [0.2, 0.25) is 11.8 Å². The van der Waals surface area contributed by atoms with E-state index in [1.54, 1.807) is 18.5 Å². The summed E-state index contributed by atoms with van der Waals surface area (Å²) in [5.74, 6) is -0.649. The Hall–Kier alpha value is -1.91. The van der Waals surface area contributed by atoms with Crippen LogP contribution in [0.1, 0.15) is 18.4 Å². The van der Waals surface area contributed by atoms with Crippen LogP contribution in [0.4, 0.5) is 0 Å². The largest absolute Gasteiger partial charge is 0.370 e. The molecule has 0 aliphatic heterocycles. The Bertz CT molecular complexity index is 338. The number of hydrogen-bond acceptors (Lipinski definition) is 3. The highest BCUT2D eigenvalue weighted by Gasteiger charge is 2.03. The average Bonchev–Trinajstić information content (AvgIpc) is 2.25. The van der Waals surface area contributed by atoms with E-state index in [1.165, 1.54) is 0 Å². The molecule has 80 valence electrons. The van der Waals surface area contributed by atoms with Crippen LogP contribution >= 0.6 is 0 Å². The van der Waals surface area contributed by atoms with Crippen molar-refractivity contribution in [2.75, 3.05) is 0 Å². The normalized spacial score (nSPS) is 9.60. The molecule has 2 amide bonds. The number of nitrogens with one attached hydrogen (secondary N) is 1. The quantitative estimate of drug-likeness (QED) is 0.710. The molecule has 0 saturated heterocycles. The molecule has 1 heterocycles. The molecule has 1 aromatic heterocycles. The Kier molecular flexibility index (Phi) is 4.28. The maximum absolute atomic E-state index is 11.2. The van der Waals surface area contributed by atoms with Crippen LogP contribution in [0.3, 0.4) is 0 Å². The van der Waals surface area contributed by atoms with Gasteiger partial charge in [-0.15, -0.1) is 0 Å². The SMILES string of the molecule is NC(=O)CCC(=O)NCc1cccnc1. The topological polar surface area (TPSA) is 85.1 Å². The molecule has 5 nitrogen and oxygen atoms in total. The standard InChI is InChI=1S/C10H13N3O2/c11-9(14)3-4-10(15)13-7-8-2-1-5-12-6-8/h1-2,5-6H,3-4,7H2,(H2,11,14)(H,13,15). The molecule has 0 bridgehead atoms. The van der Waals surface area contributed by atoms with Gasteiger partial charge in [-0.1, -0.05) is 6.07 Å².